The van der Waals surface area contributed by atoms with Crippen LogP contribution in [0.5, 0.6) is 0 Å². The summed E-state index contributed by atoms with van der Waals surface area (Å²) in [6.45, 7) is 4.51. The smallest absolute Gasteiger partial charge is 0.227 e. The highest BCUT2D eigenvalue weighted by molar-refractivity contribution is 5.95. The molecule has 2 aliphatic carbocycles. The van der Waals surface area contributed by atoms with Crippen LogP contribution in [0.4, 0.5) is 11.4 Å². The van der Waals surface area contributed by atoms with Crippen molar-refractivity contribution in [1.82, 2.24) is 9.97 Å². The minimum Gasteiger partial charge on any atom is -0.338 e. The molecule has 2 amide bonds. The van der Waals surface area contributed by atoms with Crippen molar-refractivity contribution in [3.05, 3.63) is 42.5 Å². The summed E-state index contributed by atoms with van der Waals surface area (Å²) in [7, 11) is 0. The number of amides is 2. The lowest BCUT2D eigenvalue weighted by Crippen LogP contribution is -2.27. The predicted molar refractivity (Wildman–Crippen MR) is 178 cm³/mol. The molecule has 5 rings (SSSR count). The van der Waals surface area contributed by atoms with Crippen LogP contribution < -0.4 is 10.6 Å². The number of hydrogen-bond donors (Lipinski definition) is 3. The molecule has 232 valence electrons. The molecule has 43 heavy (non-hydrogen) atoms. The molecule has 0 atom stereocenters. The summed E-state index contributed by atoms with van der Waals surface area (Å²) < 4.78 is 0. The Balaban J connectivity index is 1.11. The molecule has 2 fully saturated rings. The van der Waals surface area contributed by atoms with E-state index in [2.05, 4.69) is 29.5 Å². The van der Waals surface area contributed by atoms with E-state index in [1.54, 1.807) is 0 Å². The van der Waals surface area contributed by atoms with Crippen molar-refractivity contribution < 1.29 is 9.59 Å². The van der Waals surface area contributed by atoms with E-state index in [0.29, 0.717) is 0 Å². The first-order valence-electron chi connectivity index (χ1n) is 17.2. The van der Waals surface area contributed by atoms with E-state index in [1.807, 2.05) is 42.5 Å². The Morgan fingerprint density at radius 2 is 1.21 bits per heavy atom. The van der Waals surface area contributed by atoms with Gasteiger partial charge in [-0.1, -0.05) is 65.2 Å². The van der Waals surface area contributed by atoms with Gasteiger partial charge in [-0.25, -0.2) is 4.98 Å². The number of carbonyl (C=O) groups is 2. The van der Waals surface area contributed by atoms with Crippen molar-refractivity contribution >= 4 is 34.2 Å². The second kappa shape index (κ2) is 15.5. The zero-order valence-corrected chi connectivity index (χ0v) is 26.4. The summed E-state index contributed by atoms with van der Waals surface area (Å²) >= 11 is 0. The maximum atomic E-state index is 13.0. The number of rotatable bonds is 13. The van der Waals surface area contributed by atoms with Crippen molar-refractivity contribution in [2.24, 2.45) is 23.7 Å². The first-order chi connectivity index (χ1) is 21.0. The average Bonchev–Trinajstić information content (AvgIpc) is 3.46. The van der Waals surface area contributed by atoms with Crippen LogP contribution in [0, 0.1) is 23.7 Å². The zero-order chi connectivity index (χ0) is 30.0. The molecule has 6 heteroatoms. The van der Waals surface area contributed by atoms with Crippen LogP contribution in [0.25, 0.3) is 22.4 Å². The molecule has 3 N–H and O–H groups in total. The van der Waals surface area contributed by atoms with E-state index >= 15 is 0 Å². The number of fused-ring (bicyclic) bond motifs is 1. The van der Waals surface area contributed by atoms with Crippen LogP contribution >= 0.6 is 0 Å². The predicted octanol–water partition coefficient (Wildman–Crippen LogP) is 9.88. The number of nitrogens with one attached hydrogen (secondary N) is 3. The number of carbonyl (C=O) groups excluding carboxylic acids is 2. The molecule has 0 aliphatic heterocycles. The van der Waals surface area contributed by atoms with Gasteiger partial charge in [0.15, 0.2) is 0 Å². The van der Waals surface area contributed by atoms with Crippen molar-refractivity contribution in [2.45, 2.75) is 117 Å². The van der Waals surface area contributed by atoms with Crippen molar-refractivity contribution in [2.75, 3.05) is 10.6 Å². The number of nitrogens with zero attached hydrogens (tertiary/aromatic N) is 1. The fraction of sp³-hybridized carbons (Fsp3) is 0.595. The summed E-state index contributed by atoms with van der Waals surface area (Å²) in [6.07, 6.45) is 19.2. The Labute approximate surface area is 258 Å². The first kappa shape index (κ1) is 31.3. The molecular formula is C37H52N4O2. The summed E-state index contributed by atoms with van der Waals surface area (Å²) in [5.74, 6) is 2.90. The van der Waals surface area contributed by atoms with E-state index in [-0.39, 0.29) is 23.7 Å². The highest BCUT2D eigenvalue weighted by Gasteiger charge is 2.27. The fourth-order valence-electron chi connectivity index (χ4n) is 7.22. The molecule has 0 unspecified atom stereocenters. The topological polar surface area (TPSA) is 86.9 Å². The molecule has 3 aromatic rings. The number of H-pyrrole nitrogens is 1. The number of unbranched alkanes of at least 4 members (excludes halogenated alkanes) is 4. The molecule has 1 aromatic heterocycles. The average molecular weight is 585 g/mol. The summed E-state index contributed by atoms with van der Waals surface area (Å²) in [5.41, 5.74) is 4.36. The lowest BCUT2D eigenvalue weighted by molar-refractivity contribution is -0.121. The van der Waals surface area contributed by atoms with Gasteiger partial charge in [0.2, 0.25) is 11.8 Å². The third-order valence-electron chi connectivity index (χ3n) is 10.0. The largest absolute Gasteiger partial charge is 0.338 e. The molecule has 2 aromatic carbocycles. The summed E-state index contributed by atoms with van der Waals surface area (Å²) in [6, 6.07) is 13.8. The summed E-state index contributed by atoms with van der Waals surface area (Å²) in [4.78, 5) is 34.1. The molecular weight excluding hydrogens is 532 g/mol. The molecule has 2 aliphatic rings. The molecule has 2 saturated carbocycles. The van der Waals surface area contributed by atoms with Crippen LogP contribution in [-0.4, -0.2) is 21.8 Å². The van der Waals surface area contributed by atoms with Gasteiger partial charge >= 0.3 is 0 Å². The highest BCUT2D eigenvalue weighted by atomic mass is 16.2. The second-order valence-electron chi connectivity index (χ2n) is 13.3. The van der Waals surface area contributed by atoms with Crippen molar-refractivity contribution in [1.29, 1.82) is 0 Å². The third-order valence-corrected chi connectivity index (χ3v) is 10.0. The Morgan fingerprint density at radius 3 is 1.74 bits per heavy atom. The van der Waals surface area contributed by atoms with Gasteiger partial charge in [-0.15, -0.1) is 0 Å². The number of imidazole rings is 1. The Hall–Kier alpha value is -3.15. The van der Waals surface area contributed by atoms with E-state index in [4.69, 9.17) is 4.98 Å². The maximum absolute atomic E-state index is 13.0. The van der Waals surface area contributed by atoms with E-state index in [9.17, 15) is 9.59 Å². The van der Waals surface area contributed by atoms with Crippen LogP contribution in [-0.2, 0) is 9.59 Å². The van der Waals surface area contributed by atoms with Gasteiger partial charge in [0, 0.05) is 28.8 Å². The minimum atomic E-state index is 0.111. The van der Waals surface area contributed by atoms with Gasteiger partial charge in [-0.3, -0.25) is 9.59 Å². The fourth-order valence-corrected chi connectivity index (χ4v) is 7.22. The molecule has 0 saturated heterocycles. The minimum absolute atomic E-state index is 0.111. The van der Waals surface area contributed by atoms with E-state index in [0.717, 1.165) is 71.3 Å². The highest BCUT2D eigenvalue weighted by Crippen LogP contribution is 2.34. The Kier molecular flexibility index (Phi) is 11.3. The van der Waals surface area contributed by atoms with Crippen molar-refractivity contribution in [3.63, 3.8) is 0 Å². The van der Waals surface area contributed by atoms with Crippen LogP contribution in [0.3, 0.4) is 0 Å². The summed E-state index contributed by atoms with van der Waals surface area (Å²) in [5, 5.41) is 6.30. The van der Waals surface area contributed by atoms with Crippen LogP contribution in [0.2, 0.25) is 0 Å². The second-order valence-corrected chi connectivity index (χ2v) is 13.3. The third kappa shape index (κ3) is 8.70. The van der Waals surface area contributed by atoms with Gasteiger partial charge in [0.25, 0.3) is 0 Å². The normalized spacial score (nSPS) is 22.4. The van der Waals surface area contributed by atoms with E-state index in [1.165, 1.54) is 77.0 Å². The van der Waals surface area contributed by atoms with Gasteiger partial charge in [0.05, 0.1) is 11.0 Å². The standard InChI is InChI=1S/C37H52N4O2/c1-3-5-7-9-26-11-15-29(16-12-26)36(42)38-31-21-19-28(20-22-31)35-40-33-24-23-32(25-34(33)41-35)39-37(43)30-17-13-27(14-18-30)10-8-6-4-2/h19-27,29-30H,3-18H2,1-2H3,(H,38,42)(H,39,43)(H,40,41). The quantitative estimate of drug-likeness (QED) is 0.175. The molecule has 6 nitrogen and oxygen atoms in total. The zero-order valence-electron chi connectivity index (χ0n) is 26.4. The van der Waals surface area contributed by atoms with Gasteiger partial charge in [0.1, 0.15) is 5.82 Å². The Bertz CT molecular complexity index is 1310. The van der Waals surface area contributed by atoms with Crippen molar-refractivity contribution in [3.8, 4) is 11.4 Å². The number of aromatic amines is 1. The lowest BCUT2D eigenvalue weighted by atomic mass is 9.79. The van der Waals surface area contributed by atoms with Gasteiger partial charge < -0.3 is 15.6 Å². The van der Waals surface area contributed by atoms with Crippen LogP contribution in [0.1, 0.15) is 117 Å². The molecule has 0 spiro atoms. The lowest BCUT2D eigenvalue weighted by Gasteiger charge is -2.27. The van der Waals surface area contributed by atoms with Crippen LogP contribution in [0.15, 0.2) is 42.5 Å². The number of hydrogen-bond acceptors (Lipinski definition) is 3. The monoisotopic (exact) mass is 584 g/mol. The Morgan fingerprint density at radius 1 is 0.698 bits per heavy atom. The molecule has 0 radical (unpaired) electrons. The number of aromatic nitrogens is 2. The first-order valence-corrected chi connectivity index (χ1v) is 17.2. The number of benzene rings is 2. The van der Waals surface area contributed by atoms with E-state index < -0.39 is 0 Å². The number of anilines is 2. The SMILES string of the molecule is CCCCCC1CCC(C(=O)Nc2ccc(-c3nc4ccc(NC(=O)C5CCC(CCCCC)CC5)cc4[nH]3)cc2)CC1. The molecule has 1 heterocycles. The maximum Gasteiger partial charge on any atom is 0.227 e. The molecule has 0 bridgehead atoms. The van der Waals surface area contributed by atoms with Gasteiger partial charge in [-0.05, 0) is 106 Å². The van der Waals surface area contributed by atoms with Gasteiger partial charge in [-0.2, -0.15) is 0 Å².